The van der Waals surface area contributed by atoms with Crippen LogP contribution in [0.3, 0.4) is 0 Å². The second-order valence-electron chi connectivity index (χ2n) is 5.59. The molecule has 1 fully saturated rings. The molecule has 8 heteroatoms. The van der Waals surface area contributed by atoms with Crippen molar-refractivity contribution >= 4 is 23.2 Å². The van der Waals surface area contributed by atoms with Crippen LogP contribution >= 0.6 is 0 Å². The second-order valence-corrected chi connectivity index (χ2v) is 5.59. The highest BCUT2D eigenvalue weighted by atomic mass is 16.7. The van der Waals surface area contributed by atoms with Crippen LogP contribution in [0.25, 0.3) is 5.53 Å². The molecular weight excluding hydrogens is 338 g/mol. The smallest absolute Gasteiger partial charge is 0.370 e. The Bertz CT molecular complexity index is 828. The highest BCUT2D eigenvalue weighted by Crippen LogP contribution is 2.29. The number of hydrogen-bond acceptors (Lipinski definition) is 6. The maximum Gasteiger partial charge on any atom is 0.370 e. The lowest BCUT2D eigenvalue weighted by Gasteiger charge is -2.22. The predicted octanol–water partition coefficient (Wildman–Crippen LogP) is 2.28. The highest BCUT2D eigenvalue weighted by Gasteiger charge is 2.47. The zero-order valence-corrected chi connectivity index (χ0v) is 14.1. The Labute approximate surface area is 149 Å². The summed E-state index contributed by atoms with van der Waals surface area (Å²) in [6.45, 7) is 1.93. The molecule has 0 N–H and O–H groups in total. The molecule has 1 aliphatic heterocycles. The number of carbonyl (C=O) groups is 2. The molecule has 0 saturated carbocycles. The number of anilines is 1. The van der Waals surface area contributed by atoms with Gasteiger partial charge in [-0.05, 0) is 25.1 Å². The molecule has 1 aliphatic rings. The molecule has 26 heavy (non-hydrogen) atoms. The zero-order valence-electron chi connectivity index (χ0n) is 14.1. The minimum Gasteiger partial charge on any atom is -0.472 e. The van der Waals surface area contributed by atoms with Crippen LogP contribution in [0.2, 0.25) is 0 Å². The summed E-state index contributed by atoms with van der Waals surface area (Å²) >= 11 is 0. The summed E-state index contributed by atoms with van der Waals surface area (Å²) in [6.07, 6.45) is 1.80. The van der Waals surface area contributed by atoms with Gasteiger partial charge < -0.3 is 14.7 Å². The number of benzene rings is 1. The Kier molecular flexibility index (Phi) is 5.26. The van der Waals surface area contributed by atoms with Crippen LogP contribution < -0.4 is 5.06 Å². The minimum atomic E-state index is -0.906. The minimum absolute atomic E-state index is 0.108. The number of hydrogen-bond donors (Lipinski definition) is 0. The fourth-order valence-electron chi connectivity index (χ4n) is 2.76. The average molecular weight is 355 g/mol. The van der Waals surface area contributed by atoms with Crippen LogP contribution in [-0.2, 0) is 14.4 Å². The van der Waals surface area contributed by atoms with E-state index in [1.54, 1.807) is 31.2 Å². The van der Waals surface area contributed by atoms with Crippen LogP contribution in [0, 0.1) is 0 Å². The summed E-state index contributed by atoms with van der Waals surface area (Å²) < 4.78 is 10.0. The van der Waals surface area contributed by atoms with Crippen LogP contribution in [0.4, 0.5) is 5.69 Å². The molecule has 2 atom stereocenters. The van der Waals surface area contributed by atoms with Crippen molar-refractivity contribution in [2.45, 2.75) is 25.5 Å². The SMILES string of the molecule is CCOC(=O)[C@H]1C[C@@H](C(=[N+]=[N-])C(=O)c2ccoc2)ON1c1ccccc1. The van der Waals surface area contributed by atoms with Crippen molar-refractivity contribution in [1.29, 1.82) is 0 Å². The van der Waals surface area contributed by atoms with Gasteiger partial charge in [0.15, 0.2) is 12.1 Å². The van der Waals surface area contributed by atoms with Gasteiger partial charge in [-0.25, -0.2) is 9.86 Å². The first-order chi connectivity index (χ1) is 12.7. The molecule has 1 saturated heterocycles. The quantitative estimate of drug-likeness (QED) is 0.259. The van der Waals surface area contributed by atoms with E-state index in [2.05, 4.69) is 4.79 Å². The number of carbonyl (C=O) groups excluding carboxylic acids is 2. The molecular formula is C18H17N3O5. The van der Waals surface area contributed by atoms with E-state index in [9.17, 15) is 15.1 Å². The second kappa shape index (κ2) is 7.77. The summed E-state index contributed by atoms with van der Waals surface area (Å²) in [5, 5.41) is 1.39. The van der Waals surface area contributed by atoms with E-state index in [-0.39, 0.29) is 24.3 Å². The molecule has 0 radical (unpaired) electrons. The lowest BCUT2D eigenvalue weighted by Crippen LogP contribution is -2.36. The number of nitrogens with zero attached hydrogens (tertiary/aromatic N) is 3. The van der Waals surface area contributed by atoms with E-state index < -0.39 is 23.9 Å². The van der Waals surface area contributed by atoms with Gasteiger partial charge in [-0.3, -0.25) is 9.63 Å². The van der Waals surface area contributed by atoms with Gasteiger partial charge in [0.1, 0.15) is 6.26 Å². The summed E-state index contributed by atoms with van der Waals surface area (Å²) in [7, 11) is 0. The summed E-state index contributed by atoms with van der Waals surface area (Å²) in [5.74, 6) is -1.02. The Hall–Kier alpha value is -3.22. The zero-order chi connectivity index (χ0) is 18.5. The van der Waals surface area contributed by atoms with Gasteiger partial charge in [-0.15, -0.1) is 0 Å². The monoisotopic (exact) mass is 355 g/mol. The molecule has 0 bridgehead atoms. The average Bonchev–Trinajstić information content (AvgIpc) is 3.33. The fraction of sp³-hybridized carbons (Fsp3) is 0.278. The van der Waals surface area contributed by atoms with Crippen molar-refractivity contribution < 1.29 is 28.4 Å². The lowest BCUT2D eigenvalue weighted by molar-refractivity contribution is -0.145. The van der Waals surface area contributed by atoms with Gasteiger partial charge >= 0.3 is 11.7 Å². The van der Waals surface area contributed by atoms with Crippen LogP contribution in [0.5, 0.6) is 0 Å². The number of hydroxylamine groups is 1. The Balaban J connectivity index is 1.88. The van der Waals surface area contributed by atoms with Crippen LogP contribution in [-0.4, -0.2) is 41.0 Å². The molecule has 3 rings (SSSR count). The number of ether oxygens (including phenoxy) is 1. The third-order valence-electron chi connectivity index (χ3n) is 3.96. The molecule has 2 heterocycles. The molecule has 0 aliphatic carbocycles. The number of rotatable bonds is 6. The van der Waals surface area contributed by atoms with Crippen LogP contribution in [0.1, 0.15) is 23.7 Å². The number of Topliss-reactive ketones (excluding diaryl/α,β-unsaturated/α-hetero) is 1. The van der Waals surface area contributed by atoms with Gasteiger partial charge in [-0.1, -0.05) is 18.2 Å². The maximum absolute atomic E-state index is 12.5. The lowest BCUT2D eigenvalue weighted by atomic mass is 10.0. The Morgan fingerprint density at radius 3 is 2.69 bits per heavy atom. The first kappa shape index (κ1) is 17.6. The molecule has 134 valence electrons. The third kappa shape index (κ3) is 3.42. The fourth-order valence-corrected chi connectivity index (χ4v) is 2.76. The molecule has 1 aromatic carbocycles. The predicted molar refractivity (Wildman–Crippen MR) is 90.5 cm³/mol. The topological polar surface area (TPSA) is 105 Å². The van der Waals surface area contributed by atoms with Crippen molar-refractivity contribution in [3.8, 4) is 0 Å². The standard InChI is InChI=1S/C18H17N3O5/c1-2-25-18(23)14-10-15(26-21(14)13-6-4-3-5-7-13)16(20-19)17(22)12-8-9-24-11-12/h3-9,11,14-15H,2,10H2,1H3/t14-,15+/m1/s1. The van der Waals surface area contributed by atoms with Crippen molar-refractivity contribution in [3.05, 3.63) is 60.0 Å². The molecule has 8 nitrogen and oxygen atoms in total. The number of para-hydroxylation sites is 1. The van der Waals surface area contributed by atoms with E-state index in [0.717, 1.165) is 0 Å². The van der Waals surface area contributed by atoms with Crippen molar-refractivity contribution in [1.82, 2.24) is 0 Å². The summed E-state index contributed by atoms with van der Waals surface area (Å²) in [5.41, 5.74) is 10.0. The van der Waals surface area contributed by atoms with Gasteiger partial charge in [0.2, 0.25) is 0 Å². The maximum atomic E-state index is 12.5. The normalized spacial score (nSPS) is 19.0. The van der Waals surface area contributed by atoms with Crippen molar-refractivity contribution in [3.63, 3.8) is 0 Å². The molecule has 0 spiro atoms. The highest BCUT2D eigenvalue weighted by molar-refractivity contribution is 6.45. The van der Waals surface area contributed by atoms with Crippen molar-refractivity contribution in [2.24, 2.45) is 0 Å². The molecule has 0 unspecified atom stereocenters. The number of furan rings is 1. The first-order valence-electron chi connectivity index (χ1n) is 8.12. The first-order valence-corrected chi connectivity index (χ1v) is 8.12. The molecule has 0 amide bonds. The van der Waals surface area contributed by atoms with Gasteiger partial charge in [-0.2, -0.15) is 4.79 Å². The van der Waals surface area contributed by atoms with E-state index in [1.165, 1.54) is 23.7 Å². The van der Waals surface area contributed by atoms with Crippen molar-refractivity contribution in [2.75, 3.05) is 11.7 Å². The van der Waals surface area contributed by atoms with Crippen LogP contribution in [0.15, 0.2) is 53.3 Å². The van der Waals surface area contributed by atoms with Gasteiger partial charge in [0.05, 0.1) is 24.1 Å². The Morgan fingerprint density at radius 1 is 1.31 bits per heavy atom. The third-order valence-corrected chi connectivity index (χ3v) is 3.96. The van der Waals surface area contributed by atoms with E-state index in [1.807, 2.05) is 6.07 Å². The number of ketones is 1. The van der Waals surface area contributed by atoms with Gasteiger partial charge in [0, 0.05) is 6.42 Å². The number of esters is 1. The van der Waals surface area contributed by atoms with E-state index in [4.69, 9.17) is 14.0 Å². The summed E-state index contributed by atoms with van der Waals surface area (Å²) in [6, 6.07) is 9.65. The summed E-state index contributed by atoms with van der Waals surface area (Å²) in [4.78, 5) is 33.7. The molecule has 2 aromatic rings. The van der Waals surface area contributed by atoms with Gasteiger partial charge in [0.25, 0.3) is 5.78 Å². The molecule has 1 aromatic heterocycles. The largest absolute Gasteiger partial charge is 0.472 e. The Morgan fingerprint density at radius 2 is 2.08 bits per heavy atom. The van der Waals surface area contributed by atoms with E-state index in [0.29, 0.717) is 5.69 Å². The van der Waals surface area contributed by atoms with E-state index >= 15 is 0 Å².